The molecule has 0 heterocycles. The third-order valence-electron chi connectivity index (χ3n) is 5.90. The van der Waals surface area contributed by atoms with Crippen molar-refractivity contribution in [2.75, 3.05) is 14.2 Å². The van der Waals surface area contributed by atoms with Crippen LogP contribution in [0, 0.1) is 0 Å². The summed E-state index contributed by atoms with van der Waals surface area (Å²) in [6.07, 6.45) is -0.276. The molecule has 2 unspecified atom stereocenters. The van der Waals surface area contributed by atoms with Crippen LogP contribution in [0.1, 0.15) is 35.4 Å². The molecule has 0 fully saturated rings. The number of fused-ring (bicyclic) bond motifs is 3. The molecule has 0 radical (unpaired) electrons. The highest BCUT2D eigenvalue weighted by molar-refractivity contribution is 6.30. The lowest BCUT2D eigenvalue weighted by Gasteiger charge is -2.31. The first-order valence-electron chi connectivity index (χ1n) is 9.92. The molecule has 2 N–H and O–H groups in total. The first-order valence-corrected chi connectivity index (χ1v) is 10.3. The standard InChI is InChI=1S/C25H23ClO5/c1-30-22-9-5-7-18(24(22)31-2)20-13-25(29,14-23(27)28)21-8-4-3-6-17(21)16-11-10-15(26)12-19(16)20/h3-12,20,29H,13-14H2,1-2H3,(H,27,28). The van der Waals surface area contributed by atoms with Crippen LogP contribution in [0.25, 0.3) is 11.1 Å². The van der Waals surface area contributed by atoms with Gasteiger partial charge in [0.2, 0.25) is 0 Å². The van der Waals surface area contributed by atoms with Crippen molar-refractivity contribution in [2.24, 2.45) is 0 Å². The van der Waals surface area contributed by atoms with Crippen molar-refractivity contribution in [3.63, 3.8) is 0 Å². The highest BCUT2D eigenvalue weighted by atomic mass is 35.5. The summed E-state index contributed by atoms with van der Waals surface area (Å²) >= 11 is 6.38. The van der Waals surface area contributed by atoms with Crippen molar-refractivity contribution in [3.05, 3.63) is 82.4 Å². The Bertz CT molecular complexity index is 1140. The summed E-state index contributed by atoms with van der Waals surface area (Å²) in [7, 11) is 3.13. The van der Waals surface area contributed by atoms with Gasteiger partial charge in [-0.2, -0.15) is 0 Å². The Morgan fingerprint density at radius 3 is 2.52 bits per heavy atom. The molecule has 3 aromatic carbocycles. The minimum atomic E-state index is -1.59. The largest absolute Gasteiger partial charge is 0.493 e. The first-order chi connectivity index (χ1) is 14.9. The van der Waals surface area contributed by atoms with Crippen molar-refractivity contribution in [2.45, 2.75) is 24.4 Å². The number of carboxylic acids is 1. The summed E-state index contributed by atoms with van der Waals surface area (Å²) in [6, 6.07) is 18.6. The third-order valence-corrected chi connectivity index (χ3v) is 6.14. The number of carbonyl (C=O) groups is 1. The van der Waals surface area contributed by atoms with Gasteiger partial charge < -0.3 is 19.7 Å². The molecule has 0 aromatic heterocycles. The molecule has 0 spiro atoms. The summed E-state index contributed by atoms with van der Waals surface area (Å²) in [4.78, 5) is 11.8. The van der Waals surface area contributed by atoms with E-state index in [2.05, 4.69) is 0 Å². The predicted molar refractivity (Wildman–Crippen MR) is 119 cm³/mol. The average Bonchev–Trinajstić information content (AvgIpc) is 2.85. The maximum atomic E-state index is 11.8. The lowest BCUT2D eigenvalue weighted by molar-refractivity contribution is -0.143. The predicted octanol–water partition coefficient (Wildman–Crippen LogP) is 5.22. The van der Waals surface area contributed by atoms with Crippen molar-refractivity contribution >= 4 is 17.6 Å². The number of methoxy groups -OCH3 is 2. The summed E-state index contributed by atoms with van der Waals surface area (Å²) in [6.45, 7) is 0. The highest BCUT2D eigenvalue weighted by Crippen LogP contribution is 2.52. The molecular formula is C25H23ClO5. The molecule has 5 nitrogen and oxygen atoms in total. The second-order valence-corrected chi connectivity index (χ2v) is 8.16. The molecule has 160 valence electrons. The zero-order valence-corrected chi connectivity index (χ0v) is 18.0. The number of ether oxygens (including phenoxy) is 2. The Labute approximate surface area is 185 Å². The minimum Gasteiger partial charge on any atom is -0.493 e. The smallest absolute Gasteiger partial charge is 0.306 e. The molecule has 2 atom stereocenters. The Kier molecular flexibility index (Phi) is 5.65. The van der Waals surface area contributed by atoms with Crippen LogP contribution in [0.15, 0.2) is 60.7 Å². The molecule has 0 saturated heterocycles. The van der Waals surface area contributed by atoms with Crippen LogP contribution in [0.5, 0.6) is 11.5 Å². The molecule has 1 aliphatic carbocycles. The number of carboxylic acid groups (broad SMARTS) is 1. The van der Waals surface area contributed by atoms with E-state index in [9.17, 15) is 15.0 Å². The monoisotopic (exact) mass is 438 g/mol. The van der Waals surface area contributed by atoms with Crippen molar-refractivity contribution < 1.29 is 24.5 Å². The fourth-order valence-electron chi connectivity index (χ4n) is 4.63. The van der Waals surface area contributed by atoms with Gasteiger partial charge in [-0.15, -0.1) is 0 Å². The van der Waals surface area contributed by atoms with Gasteiger partial charge in [-0.25, -0.2) is 0 Å². The average molecular weight is 439 g/mol. The zero-order valence-electron chi connectivity index (χ0n) is 17.3. The maximum Gasteiger partial charge on any atom is 0.306 e. The summed E-state index contributed by atoms with van der Waals surface area (Å²) in [5.41, 5.74) is 2.38. The molecule has 0 saturated carbocycles. The van der Waals surface area contributed by atoms with Gasteiger partial charge in [0.15, 0.2) is 11.5 Å². The van der Waals surface area contributed by atoms with E-state index in [0.717, 1.165) is 22.3 Å². The van der Waals surface area contributed by atoms with Gasteiger partial charge in [-0.05, 0) is 46.9 Å². The molecule has 4 rings (SSSR count). The van der Waals surface area contributed by atoms with Crippen LogP contribution >= 0.6 is 11.6 Å². The minimum absolute atomic E-state index is 0.146. The van der Waals surface area contributed by atoms with Gasteiger partial charge in [0.1, 0.15) is 5.60 Å². The van der Waals surface area contributed by atoms with Crippen LogP contribution in [-0.2, 0) is 10.4 Å². The fraction of sp³-hybridized carbons (Fsp3) is 0.240. The van der Waals surface area contributed by atoms with E-state index < -0.39 is 18.0 Å². The number of benzene rings is 3. The highest BCUT2D eigenvalue weighted by Gasteiger charge is 2.42. The van der Waals surface area contributed by atoms with Gasteiger partial charge in [0.25, 0.3) is 0 Å². The quantitative estimate of drug-likeness (QED) is 0.571. The first kappa shape index (κ1) is 21.2. The van der Waals surface area contributed by atoms with Crippen LogP contribution < -0.4 is 9.47 Å². The SMILES string of the molecule is COc1cccc(C2CC(O)(CC(=O)O)c3ccccc3-c3ccc(Cl)cc32)c1OC. The van der Waals surface area contributed by atoms with E-state index in [-0.39, 0.29) is 12.3 Å². The lowest BCUT2D eigenvalue weighted by atomic mass is 9.78. The Balaban J connectivity index is 2.04. The van der Waals surface area contributed by atoms with Crippen molar-refractivity contribution in [1.29, 1.82) is 0 Å². The molecular weight excluding hydrogens is 416 g/mol. The second-order valence-electron chi connectivity index (χ2n) is 7.72. The Hall–Kier alpha value is -3.02. The number of halogens is 1. The van der Waals surface area contributed by atoms with Gasteiger partial charge >= 0.3 is 5.97 Å². The normalized spacial score (nSPS) is 19.7. The summed E-state index contributed by atoms with van der Waals surface area (Å²) in [5, 5.41) is 21.9. The van der Waals surface area contributed by atoms with E-state index >= 15 is 0 Å². The lowest BCUT2D eigenvalue weighted by Crippen LogP contribution is -2.31. The number of para-hydroxylation sites is 1. The maximum absolute atomic E-state index is 11.8. The van der Waals surface area contributed by atoms with E-state index in [0.29, 0.717) is 22.1 Å². The van der Waals surface area contributed by atoms with Gasteiger partial charge in [-0.3, -0.25) is 4.79 Å². The molecule has 0 bridgehead atoms. The van der Waals surface area contributed by atoms with E-state index in [4.69, 9.17) is 21.1 Å². The number of hydrogen-bond acceptors (Lipinski definition) is 4. The molecule has 3 aromatic rings. The number of rotatable bonds is 5. The van der Waals surface area contributed by atoms with E-state index in [1.807, 2.05) is 42.5 Å². The summed E-state index contributed by atoms with van der Waals surface area (Å²) < 4.78 is 11.2. The molecule has 0 amide bonds. The zero-order chi connectivity index (χ0) is 22.2. The number of hydrogen-bond donors (Lipinski definition) is 2. The van der Waals surface area contributed by atoms with E-state index in [1.54, 1.807) is 32.4 Å². The molecule has 31 heavy (non-hydrogen) atoms. The second kappa shape index (κ2) is 8.25. The molecule has 0 aliphatic heterocycles. The van der Waals surface area contributed by atoms with Crippen LogP contribution in [-0.4, -0.2) is 30.4 Å². The van der Waals surface area contributed by atoms with Crippen LogP contribution in [0.3, 0.4) is 0 Å². The number of aliphatic hydroxyl groups is 1. The summed E-state index contributed by atoms with van der Waals surface area (Å²) in [5.74, 6) is -0.343. The molecule has 6 heteroatoms. The molecule has 1 aliphatic rings. The van der Waals surface area contributed by atoms with Crippen molar-refractivity contribution in [1.82, 2.24) is 0 Å². The fourth-order valence-corrected chi connectivity index (χ4v) is 4.81. The third kappa shape index (κ3) is 3.75. The van der Waals surface area contributed by atoms with Gasteiger partial charge in [-0.1, -0.05) is 54.1 Å². The van der Waals surface area contributed by atoms with Crippen LogP contribution in [0.2, 0.25) is 5.02 Å². The van der Waals surface area contributed by atoms with E-state index in [1.165, 1.54) is 0 Å². The van der Waals surface area contributed by atoms with Crippen LogP contribution in [0.4, 0.5) is 0 Å². The topological polar surface area (TPSA) is 76.0 Å². The Morgan fingerprint density at radius 2 is 1.81 bits per heavy atom. The number of aliphatic carboxylic acids is 1. The van der Waals surface area contributed by atoms with Gasteiger partial charge in [0.05, 0.1) is 20.6 Å². The Morgan fingerprint density at radius 1 is 1.03 bits per heavy atom. The van der Waals surface area contributed by atoms with Crippen molar-refractivity contribution in [3.8, 4) is 22.6 Å². The van der Waals surface area contributed by atoms with Gasteiger partial charge in [0, 0.05) is 16.5 Å².